The maximum Gasteiger partial charge on any atom is 0.265 e. The van der Waals surface area contributed by atoms with Gasteiger partial charge in [-0.05, 0) is 44.2 Å². The van der Waals surface area contributed by atoms with Gasteiger partial charge in [0.15, 0.2) is 6.29 Å². The molecule has 0 aliphatic carbocycles. The molecule has 1 aliphatic rings. The first-order valence-corrected chi connectivity index (χ1v) is 8.52. The van der Waals surface area contributed by atoms with Crippen LogP contribution in [0.3, 0.4) is 0 Å². The van der Waals surface area contributed by atoms with Gasteiger partial charge in [-0.3, -0.25) is 15.3 Å². The van der Waals surface area contributed by atoms with Crippen molar-refractivity contribution in [2.75, 3.05) is 0 Å². The number of alkyl halides is 2. The van der Waals surface area contributed by atoms with Crippen LogP contribution in [0.25, 0.3) is 5.57 Å². The fourth-order valence-corrected chi connectivity index (χ4v) is 2.97. The highest BCUT2D eigenvalue weighted by Crippen LogP contribution is 2.29. The van der Waals surface area contributed by atoms with Crippen molar-refractivity contribution in [1.82, 2.24) is 15.6 Å². The summed E-state index contributed by atoms with van der Waals surface area (Å²) >= 11 is 0. The average molecular weight is 385 g/mol. The van der Waals surface area contributed by atoms with Crippen LogP contribution >= 0.6 is 0 Å². The van der Waals surface area contributed by atoms with E-state index in [1.807, 2.05) is 6.07 Å². The lowest BCUT2D eigenvalue weighted by Gasteiger charge is -2.32. The van der Waals surface area contributed by atoms with Gasteiger partial charge in [0.25, 0.3) is 6.43 Å². The van der Waals surface area contributed by atoms with E-state index in [9.17, 15) is 13.2 Å². The van der Waals surface area contributed by atoms with Crippen molar-refractivity contribution in [3.05, 3.63) is 70.9 Å². The zero-order chi connectivity index (χ0) is 20.3. The van der Waals surface area contributed by atoms with Crippen LogP contribution in [-0.2, 0) is 5.54 Å². The third-order valence-corrected chi connectivity index (χ3v) is 4.33. The van der Waals surface area contributed by atoms with Crippen molar-refractivity contribution in [1.29, 1.82) is 5.26 Å². The topological polar surface area (TPSA) is 73.1 Å². The summed E-state index contributed by atoms with van der Waals surface area (Å²) in [6.45, 7) is 3.46. The summed E-state index contributed by atoms with van der Waals surface area (Å²) in [5, 5.41) is 15.1. The Morgan fingerprint density at radius 3 is 2.71 bits per heavy atom. The summed E-state index contributed by atoms with van der Waals surface area (Å²) in [6.07, 6.45) is 1.23. The quantitative estimate of drug-likeness (QED) is 0.820. The van der Waals surface area contributed by atoms with Gasteiger partial charge in [0.05, 0.1) is 22.9 Å². The van der Waals surface area contributed by atoms with Crippen LogP contribution in [-0.4, -0.2) is 17.5 Å². The van der Waals surface area contributed by atoms with E-state index in [1.165, 1.54) is 42.7 Å². The highest BCUT2D eigenvalue weighted by Gasteiger charge is 2.30. The van der Waals surface area contributed by atoms with E-state index in [0.717, 1.165) is 0 Å². The van der Waals surface area contributed by atoms with Crippen molar-refractivity contribution in [3.8, 4) is 6.07 Å². The molecule has 0 saturated carbocycles. The van der Waals surface area contributed by atoms with Gasteiger partial charge in [0.2, 0.25) is 0 Å². The van der Waals surface area contributed by atoms with Crippen molar-refractivity contribution in [2.24, 2.45) is 4.99 Å². The second-order valence-corrected chi connectivity index (χ2v) is 6.76. The number of nitrogens with one attached hydrogen (secondary N) is 2. The van der Waals surface area contributed by atoms with Gasteiger partial charge in [0.1, 0.15) is 5.82 Å². The predicted molar refractivity (Wildman–Crippen MR) is 99.9 cm³/mol. The number of allylic oxidation sites excluding steroid dienone is 1. The molecule has 0 amide bonds. The molecule has 0 saturated heterocycles. The summed E-state index contributed by atoms with van der Waals surface area (Å²) in [5.41, 5.74) is 0.228. The summed E-state index contributed by atoms with van der Waals surface area (Å²) < 4.78 is 40.7. The second kappa shape index (κ2) is 7.82. The Kier molecular flexibility index (Phi) is 5.47. The van der Waals surface area contributed by atoms with Crippen LogP contribution < -0.4 is 10.6 Å². The lowest BCUT2D eigenvalue weighted by atomic mass is 9.95. The fraction of sp³-hybridized carbons (Fsp3) is 0.250. The number of hydrogen-bond donors (Lipinski definition) is 2. The van der Waals surface area contributed by atoms with Gasteiger partial charge >= 0.3 is 0 Å². The van der Waals surface area contributed by atoms with Crippen LogP contribution in [0.4, 0.5) is 13.2 Å². The molecule has 3 rings (SSSR count). The lowest BCUT2D eigenvalue weighted by Crippen LogP contribution is -2.50. The van der Waals surface area contributed by atoms with Gasteiger partial charge in [-0.25, -0.2) is 13.2 Å². The fourth-order valence-electron chi connectivity index (χ4n) is 2.97. The van der Waals surface area contributed by atoms with E-state index >= 15 is 0 Å². The summed E-state index contributed by atoms with van der Waals surface area (Å²) in [6, 6.07) is 8.84. The van der Waals surface area contributed by atoms with Crippen molar-refractivity contribution >= 4 is 11.8 Å². The smallest absolute Gasteiger partial charge is 0.265 e. The van der Waals surface area contributed by atoms with E-state index in [1.54, 1.807) is 20.0 Å². The molecule has 1 aromatic heterocycles. The molecule has 0 radical (unpaired) electrons. The highest BCUT2D eigenvalue weighted by molar-refractivity contribution is 6.10. The molecule has 1 aromatic carbocycles. The minimum absolute atomic E-state index is 0.147. The van der Waals surface area contributed by atoms with E-state index in [2.05, 4.69) is 20.6 Å². The minimum Gasteiger partial charge on any atom is -0.357 e. The summed E-state index contributed by atoms with van der Waals surface area (Å²) in [4.78, 5) is 8.40. The molecule has 0 spiro atoms. The number of nitrogens with zero attached hydrogens (tertiary/aromatic N) is 3. The van der Waals surface area contributed by atoms with Crippen LogP contribution in [0.15, 0.2) is 47.7 Å². The maximum absolute atomic E-state index is 14.1. The van der Waals surface area contributed by atoms with Crippen LogP contribution in [0.1, 0.15) is 42.7 Å². The molecule has 2 aromatic rings. The molecule has 28 heavy (non-hydrogen) atoms. The Morgan fingerprint density at radius 1 is 1.29 bits per heavy atom. The lowest BCUT2D eigenvalue weighted by molar-refractivity contribution is 0.146. The molecule has 0 unspecified atom stereocenters. The number of hydrogen-bond acceptors (Lipinski definition) is 5. The minimum atomic E-state index is -2.64. The van der Waals surface area contributed by atoms with E-state index < -0.39 is 24.1 Å². The van der Waals surface area contributed by atoms with Gasteiger partial charge in [-0.1, -0.05) is 0 Å². The number of pyridine rings is 1. The van der Waals surface area contributed by atoms with Crippen molar-refractivity contribution in [2.45, 2.75) is 32.1 Å². The molecule has 0 bridgehead atoms. The zero-order valence-corrected chi connectivity index (χ0v) is 15.2. The Morgan fingerprint density at radius 2 is 2.07 bits per heavy atom. The number of benzene rings is 1. The monoisotopic (exact) mass is 385 g/mol. The number of aliphatic imine (C=N–C) groups is 1. The number of halogens is 3. The van der Waals surface area contributed by atoms with Crippen molar-refractivity contribution in [3.63, 3.8) is 0 Å². The second-order valence-electron chi connectivity index (χ2n) is 6.76. The summed E-state index contributed by atoms with van der Waals surface area (Å²) in [7, 11) is 0. The normalized spacial score (nSPS) is 16.5. The van der Waals surface area contributed by atoms with Crippen LogP contribution in [0.2, 0.25) is 0 Å². The molecule has 2 N–H and O–H groups in total. The number of aromatic nitrogens is 1. The first-order chi connectivity index (χ1) is 13.3. The van der Waals surface area contributed by atoms with E-state index in [4.69, 9.17) is 5.26 Å². The molecule has 1 aliphatic heterocycles. The Bertz CT molecular complexity index is 976. The molecule has 5 nitrogen and oxygen atoms in total. The SMILES string of the molecule is CC(C)(N[C@@H]1N=CC(c2cc(C#N)ccc2F)=CN1)c1ncccc1C(F)F. The van der Waals surface area contributed by atoms with Gasteiger partial charge in [-0.15, -0.1) is 0 Å². The molecule has 0 fully saturated rings. The average Bonchev–Trinajstić information content (AvgIpc) is 2.69. The standard InChI is InChI=1S/C20H18F3N5/c1-20(2,17-14(18(22)23)4-3-7-25-17)28-19-26-10-13(11-27-19)15-8-12(9-24)5-6-16(15)21/h3-8,10-11,18-19,26,28H,1-2H3/t19-/m0/s1. The zero-order valence-electron chi connectivity index (χ0n) is 15.2. The largest absolute Gasteiger partial charge is 0.357 e. The molecular weight excluding hydrogens is 367 g/mol. The molecule has 8 heteroatoms. The molecular formula is C20H18F3N5. The van der Waals surface area contributed by atoms with Gasteiger partial charge in [-0.2, -0.15) is 5.26 Å². The Labute approximate surface area is 160 Å². The molecule has 1 atom stereocenters. The molecule has 144 valence electrons. The van der Waals surface area contributed by atoms with Crippen LogP contribution in [0.5, 0.6) is 0 Å². The number of nitriles is 1. The summed E-state index contributed by atoms with van der Waals surface area (Å²) in [5.74, 6) is -0.472. The third kappa shape index (κ3) is 4.05. The van der Waals surface area contributed by atoms with E-state index in [-0.39, 0.29) is 16.8 Å². The van der Waals surface area contributed by atoms with Crippen LogP contribution in [0, 0.1) is 17.1 Å². The van der Waals surface area contributed by atoms with Gasteiger partial charge < -0.3 is 5.32 Å². The molecule has 2 heterocycles. The first-order valence-electron chi connectivity index (χ1n) is 8.52. The highest BCUT2D eigenvalue weighted by atomic mass is 19.3. The first kappa shape index (κ1) is 19.6. The number of rotatable bonds is 5. The van der Waals surface area contributed by atoms with Crippen molar-refractivity contribution < 1.29 is 13.2 Å². The maximum atomic E-state index is 14.1. The van der Waals surface area contributed by atoms with Gasteiger partial charge in [0, 0.05) is 35.3 Å². The Balaban J connectivity index is 1.77. The predicted octanol–water partition coefficient (Wildman–Crippen LogP) is 3.85. The Hall–Kier alpha value is -3.18. The third-order valence-electron chi connectivity index (χ3n) is 4.33. The van der Waals surface area contributed by atoms with E-state index in [0.29, 0.717) is 11.1 Å².